The van der Waals surface area contributed by atoms with Gasteiger partial charge in [0, 0.05) is 38.0 Å². The van der Waals surface area contributed by atoms with Crippen LogP contribution in [0.25, 0.3) is 27.7 Å². The van der Waals surface area contributed by atoms with E-state index < -0.39 is 15.9 Å². The summed E-state index contributed by atoms with van der Waals surface area (Å²) in [5, 5.41) is 12.0. The Morgan fingerprint density at radius 1 is 1.13 bits per heavy atom. The third-order valence-electron chi connectivity index (χ3n) is 5.90. The van der Waals surface area contributed by atoms with Crippen molar-refractivity contribution < 1.29 is 23.2 Å². The van der Waals surface area contributed by atoms with Crippen molar-refractivity contribution in [3.05, 3.63) is 60.3 Å². The first-order valence-electron chi connectivity index (χ1n) is 11.9. The van der Waals surface area contributed by atoms with Crippen molar-refractivity contribution in [2.75, 3.05) is 48.3 Å². The van der Waals surface area contributed by atoms with Crippen molar-refractivity contribution >= 4 is 60.2 Å². The Morgan fingerprint density at radius 2 is 1.90 bits per heavy atom. The van der Waals surface area contributed by atoms with Crippen molar-refractivity contribution in [2.45, 2.75) is 4.90 Å². The maximum absolute atomic E-state index is 13.1. The Labute approximate surface area is 228 Å². The fourth-order valence-corrected chi connectivity index (χ4v) is 6.21. The van der Waals surface area contributed by atoms with Crippen molar-refractivity contribution in [3.8, 4) is 11.4 Å². The summed E-state index contributed by atoms with van der Waals surface area (Å²) in [5.41, 5.74) is 3.44. The molecule has 0 radical (unpaired) electrons. The van der Waals surface area contributed by atoms with E-state index in [-0.39, 0.29) is 4.90 Å². The molecule has 0 aliphatic carbocycles. The van der Waals surface area contributed by atoms with Gasteiger partial charge in [-0.15, -0.1) is 11.3 Å². The second-order valence-corrected chi connectivity index (χ2v) is 11.2. The highest BCUT2D eigenvalue weighted by Crippen LogP contribution is 2.37. The standard InChI is InChI=1S/C25H25N7O5S2/c1-26-20-8-5-17(15-27-20)24-28-19-14-22(38-23(19)25(29-24)32-10-12-37-13-11-32)31-39(35,36)18-6-2-16(3-7-18)4-9-21(33)30-34/h2-9,14-15,31,34H,10-13H2,1H3,(H,26,27)(H,30,33). The lowest BCUT2D eigenvalue weighted by Gasteiger charge is -2.28. The SMILES string of the molecule is CNc1ccc(-c2nc(N3CCOCC3)c3sc(NS(=O)(=O)c4ccc(C=CC(=O)NO)cc4)cc3n2)cn1. The molecule has 14 heteroatoms. The van der Waals surface area contributed by atoms with Crippen molar-refractivity contribution in [1.29, 1.82) is 0 Å². The van der Waals surface area contributed by atoms with Gasteiger partial charge in [-0.25, -0.2) is 28.8 Å². The molecule has 12 nitrogen and oxygen atoms in total. The quantitative estimate of drug-likeness (QED) is 0.142. The molecule has 5 rings (SSSR count). The number of morpholine rings is 1. The molecule has 1 aromatic carbocycles. The molecule has 4 aromatic rings. The third-order valence-corrected chi connectivity index (χ3v) is 8.45. The average Bonchev–Trinajstić information content (AvgIpc) is 3.37. The molecule has 1 fully saturated rings. The van der Waals surface area contributed by atoms with Crippen molar-refractivity contribution in [1.82, 2.24) is 20.4 Å². The highest BCUT2D eigenvalue weighted by Gasteiger charge is 2.22. The predicted octanol–water partition coefficient (Wildman–Crippen LogP) is 2.95. The maximum atomic E-state index is 13.1. The van der Waals surface area contributed by atoms with E-state index in [4.69, 9.17) is 19.9 Å². The first kappa shape index (κ1) is 26.5. The van der Waals surface area contributed by atoms with Gasteiger partial charge < -0.3 is 15.0 Å². The molecule has 0 saturated carbocycles. The van der Waals surface area contributed by atoms with E-state index in [2.05, 4.69) is 19.9 Å². The van der Waals surface area contributed by atoms with Crippen LogP contribution in [0.2, 0.25) is 0 Å². The Hall–Kier alpha value is -4.11. The lowest BCUT2D eigenvalue weighted by atomic mass is 10.2. The van der Waals surface area contributed by atoms with E-state index in [9.17, 15) is 13.2 Å². The number of hydrogen-bond acceptors (Lipinski definition) is 11. The number of carbonyl (C=O) groups is 1. The number of ether oxygens (including phenoxy) is 1. The second kappa shape index (κ2) is 11.3. The van der Waals surface area contributed by atoms with Gasteiger partial charge >= 0.3 is 0 Å². The minimum absolute atomic E-state index is 0.0552. The van der Waals surface area contributed by atoms with Crippen LogP contribution in [0.3, 0.4) is 0 Å². The lowest BCUT2D eigenvalue weighted by molar-refractivity contribution is -0.124. The molecule has 0 atom stereocenters. The van der Waals surface area contributed by atoms with Crippen molar-refractivity contribution in [2.24, 2.45) is 0 Å². The van der Waals surface area contributed by atoms with Crippen LogP contribution in [0.15, 0.2) is 59.6 Å². The number of thiophene rings is 1. The van der Waals surface area contributed by atoms with Gasteiger partial charge in [0.15, 0.2) is 11.6 Å². The summed E-state index contributed by atoms with van der Waals surface area (Å²) in [6, 6.07) is 11.4. The molecule has 0 unspecified atom stereocenters. The van der Waals surface area contributed by atoms with Gasteiger partial charge in [0.1, 0.15) is 10.8 Å². The van der Waals surface area contributed by atoms with Gasteiger partial charge in [-0.05, 0) is 42.0 Å². The first-order chi connectivity index (χ1) is 18.9. The topological polar surface area (TPSA) is 159 Å². The molecule has 0 bridgehead atoms. The molecule has 1 aliphatic rings. The number of benzene rings is 1. The zero-order valence-corrected chi connectivity index (χ0v) is 22.4. The van der Waals surface area contributed by atoms with Crippen LogP contribution >= 0.6 is 11.3 Å². The molecule has 202 valence electrons. The number of hydroxylamine groups is 1. The number of pyridine rings is 1. The minimum Gasteiger partial charge on any atom is -0.378 e. The Kier molecular flexibility index (Phi) is 7.70. The highest BCUT2D eigenvalue weighted by molar-refractivity contribution is 7.93. The van der Waals surface area contributed by atoms with E-state index in [0.29, 0.717) is 48.2 Å². The minimum atomic E-state index is -3.90. The molecule has 1 amide bonds. The fraction of sp³-hybridized carbons (Fsp3) is 0.200. The van der Waals surface area contributed by atoms with E-state index >= 15 is 0 Å². The lowest BCUT2D eigenvalue weighted by Crippen LogP contribution is -2.36. The number of rotatable bonds is 8. The molecule has 1 aliphatic heterocycles. The number of carbonyl (C=O) groups excluding carboxylic acids is 1. The van der Waals surface area contributed by atoms with E-state index in [1.54, 1.807) is 31.4 Å². The molecule has 39 heavy (non-hydrogen) atoms. The largest absolute Gasteiger partial charge is 0.378 e. The van der Waals surface area contributed by atoms with Gasteiger partial charge in [0.2, 0.25) is 0 Å². The number of anilines is 3. The molecule has 1 saturated heterocycles. The number of sulfonamides is 1. The summed E-state index contributed by atoms with van der Waals surface area (Å²) >= 11 is 1.26. The summed E-state index contributed by atoms with van der Waals surface area (Å²) in [5.74, 6) is 1.24. The van der Waals surface area contributed by atoms with Gasteiger partial charge in [0.25, 0.3) is 15.9 Å². The zero-order chi connectivity index (χ0) is 27.4. The number of amides is 1. The fourth-order valence-electron chi connectivity index (χ4n) is 3.92. The predicted molar refractivity (Wildman–Crippen MR) is 149 cm³/mol. The molecule has 3 aromatic heterocycles. The van der Waals surface area contributed by atoms with Crippen LogP contribution in [0.5, 0.6) is 0 Å². The van der Waals surface area contributed by atoms with E-state index in [0.717, 1.165) is 28.0 Å². The van der Waals surface area contributed by atoms with Gasteiger partial charge in [-0.1, -0.05) is 12.1 Å². The number of hydrogen-bond donors (Lipinski definition) is 4. The van der Waals surface area contributed by atoms with Crippen LogP contribution in [-0.4, -0.2) is 67.8 Å². The van der Waals surface area contributed by atoms with Crippen LogP contribution in [0, 0.1) is 0 Å². The van der Waals surface area contributed by atoms with Crippen LogP contribution < -0.4 is 20.4 Å². The normalized spacial score (nSPS) is 14.1. The first-order valence-corrected chi connectivity index (χ1v) is 14.2. The Balaban J connectivity index is 1.47. The summed E-state index contributed by atoms with van der Waals surface area (Å²) < 4.78 is 35.2. The van der Waals surface area contributed by atoms with Crippen LogP contribution in [0.4, 0.5) is 16.6 Å². The van der Waals surface area contributed by atoms with E-state index in [1.807, 2.05) is 12.1 Å². The summed E-state index contributed by atoms with van der Waals surface area (Å²) in [4.78, 5) is 27.3. The van der Waals surface area contributed by atoms with Gasteiger partial charge in [-0.2, -0.15) is 0 Å². The number of nitrogens with one attached hydrogen (secondary N) is 3. The summed E-state index contributed by atoms with van der Waals surface area (Å²) in [6.45, 7) is 2.45. The molecular weight excluding hydrogens is 542 g/mol. The Morgan fingerprint density at radius 3 is 2.56 bits per heavy atom. The molecule has 4 heterocycles. The summed E-state index contributed by atoms with van der Waals surface area (Å²) in [6.07, 6.45) is 4.28. The van der Waals surface area contributed by atoms with E-state index in [1.165, 1.54) is 35.0 Å². The van der Waals surface area contributed by atoms with Crippen molar-refractivity contribution in [3.63, 3.8) is 0 Å². The zero-order valence-electron chi connectivity index (χ0n) is 20.8. The second-order valence-electron chi connectivity index (χ2n) is 8.46. The third kappa shape index (κ3) is 5.98. The van der Waals surface area contributed by atoms with Gasteiger partial charge in [0.05, 0.1) is 28.3 Å². The average molecular weight is 568 g/mol. The highest BCUT2D eigenvalue weighted by atomic mass is 32.2. The molecule has 0 spiro atoms. The molecule has 4 N–H and O–H groups in total. The maximum Gasteiger partial charge on any atom is 0.267 e. The smallest absolute Gasteiger partial charge is 0.267 e. The monoisotopic (exact) mass is 567 g/mol. The summed E-state index contributed by atoms with van der Waals surface area (Å²) in [7, 11) is -2.11. The van der Waals surface area contributed by atoms with Crippen LogP contribution in [-0.2, 0) is 19.6 Å². The number of aromatic nitrogens is 3. The number of fused-ring (bicyclic) bond motifs is 1. The number of nitrogens with zero attached hydrogens (tertiary/aromatic N) is 4. The van der Waals surface area contributed by atoms with Crippen LogP contribution in [0.1, 0.15) is 5.56 Å². The van der Waals surface area contributed by atoms with Gasteiger partial charge in [-0.3, -0.25) is 14.7 Å². The molecular formula is C25H25N7O5S2. The Bertz CT molecular complexity index is 1620.